The number of carbonyl (C=O) groups is 3. The van der Waals surface area contributed by atoms with Crippen molar-refractivity contribution in [3.8, 4) is 5.75 Å². The molecule has 2 aromatic carbocycles. The largest absolute Gasteiger partial charge is 0.465 e. The number of anilines is 1. The van der Waals surface area contributed by atoms with Crippen LogP contribution in [0.2, 0.25) is 0 Å². The summed E-state index contributed by atoms with van der Waals surface area (Å²) in [6.07, 6.45) is 0. The van der Waals surface area contributed by atoms with Crippen LogP contribution in [0.3, 0.4) is 0 Å². The van der Waals surface area contributed by atoms with Gasteiger partial charge in [0.1, 0.15) is 5.75 Å². The molecule has 0 saturated carbocycles. The molecule has 130 valence electrons. The Morgan fingerprint density at radius 3 is 2.16 bits per heavy atom. The van der Waals surface area contributed by atoms with Crippen molar-refractivity contribution < 1.29 is 32.6 Å². The molecule has 1 N–H and O–H groups in total. The van der Waals surface area contributed by atoms with Gasteiger partial charge in [-0.2, -0.15) is 0 Å². The highest BCUT2D eigenvalue weighted by molar-refractivity contribution is 6.06. The molecule has 0 fully saturated rings. The lowest BCUT2D eigenvalue weighted by molar-refractivity contribution is -0.131. The highest BCUT2D eigenvalue weighted by Crippen LogP contribution is 2.24. The zero-order valence-corrected chi connectivity index (χ0v) is 13.3. The lowest BCUT2D eigenvalue weighted by Gasteiger charge is -2.11. The molecular weight excluding hydrogens is 336 g/mol. The first-order chi connectivity index (χ1) is 11.8. The minimum absolute atomic E-state index is 0.272. The second kappa shape index (κ2) is 7.52. The maximum absolute atomic E-state index is 13.4. The summed E-state index contributed by atoms with van der Waals surface area (Å²) < 4.78 is 36.0. The van der Waals surface area contributed by atoms with Crippen molar-refractivity contribution in [2.45, 2.75) is 6.92 Å². The van der Waals surface area contributed by atoms with Crippen molar-refractivity contribution in [3.05, 3.63) is 59.2 Å². The first-order valence-electron chi connectivity index (χ1n) is 6.99. The zero-order chi connectivity index (χ0) is 18.6. The van der Waals surface area contributed by atoms with E-state index >= 15 is 0 Å². The van der Waals surface area contributed by atoms with Gasteiger partial charge in [0, 0.05) is 18.7 Å². The van der Waals surface area contributed by atoms with Gasteiger partial charge in [-0.25, -0.2) is 13.6 Å². The fourth-order valence-electron chi connectivity index (χ4n) is 1.95. The summed E-state index contributed by atoms with van der Waals surface area (Å²) in [4.78, 5) is 34.7. The van der Waals surface area contributed by atoms with Crippen LogP contribution in [0.15, 0.2) is 36.4 Å². The summed E-state index contributed by atoms with van der Waals surface area (Å²) in [5.74, 6) is -5.08. The van der Waals surface area contributed by atoms with E-state index < -0.39 is 35.2 Å². The summed E-state index contributed by atoms with van der Waals surface area (Å²) >= 11 is 0. The highest BCUT2D eigenvalue weighted by atomic mass is 19.2. The Kier molecular flexibility index (Phi) is 5.43. The SMILES string of the molecule is COC(=O)c1ccc(NC(=O)c2cc(F)c(F)cc2OC(C)=O)cc1. The predicted molar refractivity (Wildman–Crippen MR) is 83.4 cm³/mol. The molecule has 6 nitrogen and oxygen atoms in total. The Balaban J connectivity index is 2.27. The molecule has 0 unspecified atom stereocenters. The van der Waals surface area contributed by atoms with E-state index in [0.29, 0.717) is 12.1 Å². The minimum atomic E-state index is -1.26. The van der Waals surface area contributed by atoms with Crippen LogP contribution in [0.1, 0.15) is 27.6 Å². The van der Waals surface area contributed by atoms with Gasteiger partial charge in [-0.05, 0) is 30.3 Å². The number of halogens is 2. The lowest BCUT2D eigenvalue weighted by Crippen LogP contribution is -2.16. The van der Waals surface area contributed by atoms with Crippen LogP contribution in [-0.4, -0.2) is 25.0 Å². The molecule has 2 aromatic rings. The third-order valence-electron chi connectivity index (χ3n) is 3.08. The first-order valence-corrected chi connectivity index (χ1v) is 6.99. The topological polar surface area (TPSA) is 81.7 Å². The van der Waals surface area contributed by atoms with E-state index in [1.807, 2.05) is 0 Å². The monoisotopic (exact) mass is 349 g/mol. The molecule has 0 atom stereocenters. The molecule has 0 saturated heterocycles. The van der Waals surface area contributed by atoms with E-state index in [0.717, 1.165) is 6.92 Å². The van der Waals surface area contributed by atoms with Crippen LogP contribution in [0.4, 0.5) is 14.5 Å². The third kappa shape index (κ3) is 4.37. The van der Waals surface area contributed by atoms with Crippen LogP contribution in [0, 0.1) is 11.6 Å². The summed E-state index contributed by atoms with van der Waals surface area (Å²) in [5, 5.41) is 2.43. The molecule has 0 radical (unpaired) electrons. The van der Waals surface area contributed by atoms with E-state index in [2.05, 4.69) is 10.1 Å². The van der Waals surface area contributed by atoms with E-state index in [4.69, 9.17) is 4.74 Å². The van der Waals surface area contributed by atoms with Crippen molar-refractivity contribution in [2.75, 3.05) is 12.4 Å². The van der Waals surface area contributed by atoms with Gasteiger partial charge in [0.2, 0.25) is 0 Å². The van der Waals surface area contributed by atoms with E-state index in [1.54, 1.807) is 0 Å². The summed E-state index contributed by atoms with van der Waals surface area (Å²) in [5.41, 5.74) is 0.205. The second-order valence-corrected chi connectivity index (χ2v) is 4.88. The Labute approximate surface area is 141 Å². The normalized spacial score (nSPS) is 10.1. The van der Waals surface area contributed by atoms with E-state index in [-0.39, 0.29) is 16.8 Å². The molecule has 0 bridgehead atoms. The van der Waals surface area contributed by atoms with Gasteiger partial charge < -0.3 is 14.8 Å². The molecular formula is C17H13F2NO5. The van der Waals surface area contributed by atoms with Crippen LogP contribution in [0.5, 0.6) is 5.75 Å². The zero-order valence-electron chi connectivity index (χ0n) is 13.3. The number of rotatable bonds is 4. The number of esters is 2. The Morgan fingerprint density at radius 2 is 1.60 bits per heavy atom. The molecule has 0 heterocycles. The van der Waals surface area contributed by atoms with Crippen LogP contribution in [-0.2, 0) is 9.53 Å². The molecule has 0 aromatic heterocycles. The van der Waals surface area contributed by atoms with Crippen molar-refractivity contribution in [1.29, 1.82) is 0 Å². The van der Waals surface area contributed by atoms with Crippen LogP contribution < -0.4 is 10.1 Å². The fourth-order valence-corrected chi connectivity index (χ4v) is 1.95. The Hall–Kier alpha value is -3.29. The number of amides is 1. The molecule has 8 heteroatoms. The summed E-state index contributed by atoms with van der Waals surface area (Å²) in [7, 11) is 1.23. The fraction of sp³-hybridized carbons (Fsp3) is 0.118. The van der Waals surface area contributed by atoms with Gasteiger partial charge in [0.05, 0.1) is 18.2 Å². The maximum atomic E-state index is 13.4. The summed E-state index contributed by atoms with van der Waals surface area (Å²) in [6, 6.07) is 6.93. The van der Waals surface area contributed by atoms with Crippen molar-refractivity contribution in [3.63, 3.8) is 0 Å². The number of carbonyl (C=O) groups excluding carboxylic acids is 3. The molecule has 0 aliphatic rings. The highest BCUT2D eigenvalue weighted by Gasteiger charge is 2.19. The maximum Gasteiger partial charge on any atom is 0.337 e. The van der Waals surface area contributed by atoms with Crippen molar-refractivity contribution >= 4 is 23.5 Å². The summed E-state index contributed by atoms with van der Waals surface area (Å²) in [6.45, 7) is 1.06. The number of hydrogen-bond acceptors (Lipinski definition) is 5. The lowest BCUT2D eigenvalue weighted by atomic mass is 10.1. The van der Waals surface area contributed by atoms with Gasteiger partial charge >= 0.3 is 11.9 Å². The number of hydrogen-bond donors (Lipinski definition) is 1. The van der Waals surface area contributed by atoms with Gasteiger partial charge in [0.25, 0.3) is 5.91 Å². The van der Waals surface area contributed by atoms with E-state index in [1.165, 1.54) is 31.4 Å². The molecule has 1 amide bonds. The average Bonchev–Trinajstić information content (AvgIpc) is 2.57. The molecule has 2 rings (SSSR count). The molecule has 0 spiro atoms. The average molecular weight is 349 g/mol. The number of nitrogens with one attached hydrogen (secondary N) is 1. The standard InChI is InChI=1S/C17H13F2NO5/c1-9(21)25-15-8-14(19)13(18)7-12(15)16(22)20-11-5-3-10(4-6-11)17(23)24-2/h3-8H,1-2H3,(H,20,22). The Bertz CT molecular complexity index is 834. The smallest absolute Gasteiger partial charge is 0.337 e. The van der Waals surface area contributed by atoms with Crippen LogP contribution >= 0.6 is 0 Å². The number of ether oxygens (including phenoxy) is 2. The van der Waals surface area contributed by atoms with Gasteiger partial charge in [-0.1, -0.05) is 0 Å². The van der Waals surface area contributed by atoms with Crippen LogP contribution in [0.25, 0.3) is 0 Å². The van der Waals surface area contributed by atoms with E-state index in [9.17, 15) is 23.2 Å². The number of methoxy groups -OCH3 is 1. The van der Waals surface area contributed by atoms with Gasteiger partial charge in [0.15, 0.2) is 11.6 Å². The molecule has 0 aliphatic carbocycles. The van der Waals surface area contributed by atoms with Gasteiger partial charge in [-0.15, -0.1) is 0 Å². The molecule has 25 heavy (non-hydrogen) atoms. The molecule has 0 aliphatic heterocycles. The van der Waals surface area contributed by atoms with Gasteiger partial charge in [-0.3, -0.25) is 9.59 Å². The number of benzene rings is 2. The minimum Gasteiger partial charge on any atom is -0.465 e. The first kappa shape index (κ1) is 18.1. The van der Waals surface area contributed by atoms with Crippen molar-refractivity contribution in [1.82, 2.24) is 0 Å². The quantitative estimate of drug-likeness (QED) is 0.678. The predicted octanol–water partition coefficient (Wildman–Crippen LogP) is 2.93. The van der Waals surface area contributed by atoms with Crippen molar-refractivity contribution in [2.24, 2.45) is 0 Å². The second-order valence-electron chi connectivity index (χ2n) is 4.88. The Morgan fingerprint density at radius 1 is 1.00 bits per heavy atom. The third-order valence-corrected chi connectivity index (χ3v) is 3.08.